The van der Waals surface area contributed by atoms with Gasteiger partial charge in [-0.1, -0.05) is 0 Å². The second-order valence-electron chi connectivity index (χ2n) is 3.73. The predicted molar refractivity (Wildman–Crippen MR) is 63.5 cm³/mol. The number of hydrogen-bond donors (Lipinski definition) is 2. The molecule has 0 saturated heterocycles. The Morgan fingerprint density at radius 3 is 2.18 bits per heavy atom. The summed E-state index contributed by atoms with van der Waals surface area (Å²) in [6, 6.07) is 0. The molecule has 100 valence electrons. The highest BCUT2D eigenvalue weighted by atomic mass is 32.2. The van der Waals surface area contributed by atoms with Crippen LogP contribution in [0.4, 0.5) is 0 Å². The maximum absolute atomic E-state index is 11.2. The van der Waals surface area contributed by atoms with Crippen molar-refractivity contribution >= 4 is 21.9 Å². The summed E-state index contributed by atoms with van der Waals surface area (Å²) in [5, 5.41) is 2.51. The van der Waals surface area contributed by atoms with Crippen LogP contribution in [0.25, 0.3) is 0 Å². The van der Waals surface area contributed by atoms with E-state index in [1.54, 1.807) is 0 Å². The van der Waals surface area contributed by atoms with E-state index in [2.05, 4.69) is 10.0 Å². The Bertz CT molecular complexity index is 364. The van der Waals surface area contributed by atoms with Crippen molar-refractivity contribution in [2.45, 2.75) is 19.8 Å². The molecule has 0 aromatic heterocycles. The van der Waals surface area contributed by atoms with Gasteiger partial charge in [-0.15, -0.1) is 0 Å². The van der Waals surface area contributed by atoms with Gasteiger partial charge in [0.1, 0.15) is 5.78 Å². The van der Waals surface area contributed by atoms with Crippen molar-refractivity contribution in [3.05, 3.63) is 0 Å². The van der Waals surface area contributed by atoms with E-state index in [-0.39, 0.29) is 37.6 Å². The second-order valence-corrected chi connectivity index (χ2v) is 5.70. The van der Waals surface area contributed by atoms with Crippen LogP contribution in [-0.2, 0) is 19.8 Å². The minimum absolute atomic E-state index is 0.0477. The number of rotatable bonds is 8. The van der Waals surface area contributed by atoms with Crippen LogP contribution < -0.4 is 10.0 Å². The van der Waals surface area contributed by atoms with Gasteiger partial charge in [-0.3, -0.25) is 4.79 Å². The maximum Gasteiger partial charge on any atom is 0.278 e. The number of carbonyl (C=O) groups is 2. The van der Waals surface area contributed by atoms with Gasteiger partial charge in [0.05, 0.1) is 0 Å². The van der Waals surface area contributed by atoms with Crippen molar-refractivity contribution in [3.63, 3.8) is 0 Å². The molecule has 0 spiro atoms. The average molecular weight is 265 g/mol. The average Bonchev–Trinajstić information content (AvgIpc) is 2.21. The van der Waals surface area contributed by atoms with Crippen molar-refractivity contribution in [3.8, 4) is 0 Å². The number of nitrogens with one attached hydrogen (secondary N) is 2. The molecular formula is C9H19N3O4S. The SMILES string of the molecule is CC(=O)CCC(=O)NCCNS(=O)(=O)N(C)C. The van der Waals surface area contributed by atoms with E-state index in [0.717, 1.165) is 4.31 Å². The first-order valence-corrected chi connectivity index (χ1v) is 6.63. The second kappa shape index (κ2) is 7.36. The van der Waals surface area contributed by atoms with Crippen LogP contribution in [0.3, 0.4) is 0 Å². The van der Waals surface area contributed by atoms with Crippen LogP contribution in [0, 0.1) is 0 Å². The van der Waals surface area contributed by atoms with E-state index < -0.39 is 10.2 Å². The molecule has 0 fully saturated rings. The molecule has 0 bridgehead atoms. The van der Waals surface area contributed by atoms with Crippen molar-refractivity contribution in [2.24, 2.45) is 0 Å². The molecule has 7 nitrogen and oxygen atoms in total. The fourth-order valence-corrected chi connectivity index (χ4v) is 1.51. The standard InChI is InChI=1S/C9H19N3O4S/c1-8(13)4-5-9(14)10-6-7-11-17(15,16)12(2)3/h11H,4-7H2,1-3H3,(H,10,14). The first-order valence-electron chi connectivity index (χ1n) is 5.19. The zero-order chi connectivity index (χ0) is 13.5. The molecule has 2 N–H and O–H groups in total. The number of Topliss-reactive ketones (excluding diaryl/α,β-unsaturated/α-hetero) is 1. The summed E-state index contributed by atoms with van der Waals surface area (Å²) in [7, 11) is -0.623. The molecule has 0 aliphatic carbocycles. The fourth-order valence-electron chi connectivity index (χ4n) is 0.889. The molecule has 8 heteroatoms. The minimum Gasteiger partial charge on any atom is -0.355 e. The van der Waals surface area contributed by atoms with Crippen molar-refractivity contribution in [1.29, 1.82) is 0 Å². The molecule has 0 atom stereocenters. The largest absolute Gasteiger partial charge is 0.355 e. The molecule has 0 rings (SSSR count). The molecule has 1 amide bonds. The lowest BCUT2D eigenvalue weighted by Gasteiger charge is -2.12. The smallest absolute Gasteiger partial charge is 0.278 e. The number of nitrogens with zero attached hydrogens (tertiary/aromatic N) is 1. The minimum atomic E-state index is -3.44. The van der Waals surface area contributed by atoms with Crippen LogP contribution >= 0.6 is 0 Å². The molecule has 0 unspecified atom stereocenters. The Balaban J connectivity index is 3.72. The Kier molecular flexibility index (Phi) is 6.93. The van der Waals surface area contributed by atoms with E-state index in [1.807, 2.05) is 0 Å². The topological polar surface area (TPSA) is 95.6 Å². The van der Waals surface area contributed by atoms with Gasteiger partial charge < -0.3 is 10.1 Å². The molecule has 0 aromatic carbocycles. The summed E-state index contributed by atoms with van der Waals surface area (Å²) >= 11 is 0. The monoisotopic (exact) mass is 265 g/mol. The molecule has 0 aliphatic heterocycles. The van der Waals surface area contributed by atoms with Gasteiger partial charge in [0.2, 0.25) is 5.91 Å². The van der Waals surface area contributed by atoms with E-state index >= 15 is 0 Å². The summed E-state index contributed by atoms with van der Waals surface area (Å²) in [5.74, 6) is -0.308. The summed E-state index contributed by atoms with van der Waals surface area (Å²) in [6.07, 6.45) is 0.338. The van der Waals surface area contributed by atoms with Crippen LogP contribution in [0.2, 0.25) is 0 Å². The highest BCUT2D eigenvalue weighted by Gasteiger charge is 2.11. The van der Waals surface area contributed by atoms with Gasteiger partial charge in [0.25, 0.3) is 10.2 Å². The lowest BCUT2D eigenvalue weighted by molar-refractivity contribution is -0.124. The van der Waals surface area contributed by atoms with Crippen molar-refractivity contribution in [1.82, 2.24) is 14.3 Å². The Morgan fingerprint density at radius 2 is 1.71 bits per heavy atom. The van der Waals surface area contributed by atoms with Gasteiger partial charge in [-0.2, -0.15) is 12.7 Å². The zero-order valence-corrected chi connectivity index (χ0v) is 11.1. The number of carbonyl (C=O) groups excluding carboxylic acids is 2. The first-order chi connectivity index (χ1) is 7.75. The van der Waals surface area contributed by atoms with E-state index in [1.165, 1.54) is 21.0 Å². The van der Waals surface area contributed by atoms with E-state index in [9.17, 15) is 18.0 Å². The summed E-state index contributed by atoms with van der Waals surface area (Å²) in [5.41, 5.74) is 0. The maximum atomic E-state index is 11.2. The Hall–Kier alpha value is -0.990. The third-order valence-corrected chi connectivity index (χ3v) is 3.45. The number of amides is 1. The summed E-state index contributed by atoms with van der Waals surface area (Å²) in [6.45, 7) is 1.73. The lowest BCUT2D eigenvalue weighted by Crippen LogP contribution is -2.40. The van der Waals surface area contributed by atoms with Gasteiger partial charge in [-0.25, -0.2) is 4.72 Å². The lowest BCUT2D eigenvalue weighted by atomic mass is 10.2. The van der Waals surface area contributed by atoms with Crippen molar-refractivity contribution in [2.75, 3.05) is 27.2 Å². The van der Waals surface area contributed by atoms with Crippen LogP contribution in [0.1, 0.15) is 19.8 Å². The highest BCUT2D eigenvalue weighted by Crippen LogP contribution is 1.90. The highest BCUT2D eigenvalue weighted by molar-refractivity contribution is 7.87. The van der Waals surface area contributed by atoms with E-state index in [4.69, 9.17) is 0 Å². The van der Waals surface area contributed by atoms with Crippen molar-refractivity contribution < 1.29 is 18.0 Å². The predicted octanol–water partition coefficient (Wildman–Crippen LogP) is -1.13. The molecule has 0 saturated carbocycles. The van der Waals surface area contributed by atoms with Crippen LogP contribution in [-0.4, -0.2) is 51.6 Å². The normalized spacial score (nSPS) is 11.5. The summed E-state index contributed by atoms with van der Waals surface area (Å²) < 4.78 is 25.8. The van der Waals surface area contributed by atoms with Gasteiger partial charge >= 0.3 is 0 Å². The van der Waals surface area contributed by atoms with Gasteiger partial charge in [0.15, 0.2) is 0 Å². The van der Waals surface area contributed by atoms with Gasteiger partial charge in [0, 0.05) is 40.0 Å². The van der Waals surface area contributed by atoms with Gasteiger partial charge in [-0.05, 0) is 6.92 Å². The zero-order valence-electron chi connectivity index (χ0n) is 10.3. The molecular weight excluding hydrogens is 246 g/mol. The molecule has 0 heterocycles. The Labute approximate surface area is 102 Å². The Morgan fingerprint density at radius 1 is 1.12 bits per heavy atom. The summed E-state index contributed by atoms with van der Waals surface area (Å²) in [4.78, 5) is 21.8. The molecule has 0 aromatic rings. The molecule has 0 radical (unpaired) electrons. The third-order valence-electron chi connectivity index (χ3n) is 1.92. The first kappa shape index (κ1) is 16.0. The van der Waals surface area contributed by atoms with Crippen LogP contribution in [0.15, 0.2) is 0 Å². The quantitative estimate of drug-likeness (QED) is 0.543. The molecule has 0 aliphatic rings. The molecule has 17 heavy (non-hydrogen) atoms. The third kappa shape index (κ3) is 7.83. The van der Waals surface area contributed by atoms with E-state index in [0.29, 0.717) is 0 Å². The number of hydrogen-bond acceptors (Lipinski definition) is 4. The number of ketones is 1. The fraction of sp³-hybridized carbons (Fsp3) is 0.778. The van der Waals surface area contributed by atoms with Crippen LogP contribution in [0.5, 0.6) is 0 Å².